The number of rotatable bonds is 5. The molecule has 0 atom stereocenters. The Kier molecular flexibility index (Phi) is 4.60. The SMILES string of the molecule is Cc1ccc(CN(C)Cc2cccc(N)c2C(=O)O)cc1. The van der Waals surface area contributed by atoms with Gasteiger partial charge in [-0.05, 0) is 31.2 Å². The Morgan fingerprint density at radius 3 is 2.43 bits per heavy atom. The normalized spacial score (nSPS) is 10.8. The monoisotopic (exact) mass is 284 g/mol. The molecule has 0 amide bonds. The Hall–Kier alpha value is -2.33. The summed E-state index contributed by atoms with van der Waals surface area (Å²) in [6, 6.07) is 13.5. The largest absolute Gasteiger partial charge is 0.478 e. The van der Waals surface area contributed by atoms with Gasteiger partial charge in [-0.15, -0.1) is 0 Å². The summed E-state index contributed by atoms with van der Waals surface area (Å²) in [6.07, 6.45) is 0. The molecule has 0 spiro atoms. The van der Waals surface area contributed by atoms with E-state index in [9.17, 15) is 9.90 Å². The first-order valence-corrected chi connectivity index (χ1v) is 6.82. The van der Waals surface area contributed by atoms with Crippen molar-refractivity contribution in [2.75, 3.05) is 12.8 Å². The lowest BCUT2D eigenvalue weighted by Gasteiger charge is -2.18. The van der Waals surface area contributed by atoms with Crippen molar-refractivity contribution in [2.24, 2.45) is 0 Å². The molecule has 0 bridgehead atoms. The first-order chi connectivity index (χ1) is 9.97. The van der Waals surface area contributed by atoms with Crippen LogP contribution in [-0.4, -0.2) is 23.0 Å². The number of hydrogen-bond acceptors (Lipinski definition) is 3. The average Bonchev–Trinajstić information content (AvgIpc) is 2.41. The van der Waals surface area contributed by atoms with E-state index in [1.54, 1.807) is 12.1 Å². The topological polar surface area (TPSA) is 66.6 Å². The molecule has 0 saturated heterocycles. The van der Waals surface area contributed by atoms with Crippen LogP contribution >= 0.6 is 0 Å². The van der Waals surface area contributed by atoms with Crippen molar-refractivity contribution in [3.8, 4) is 0 Å². The highest BCUT2D eigenvalue weighted by molar-refractivity contribution is 5.95. The van der Waals surface area contributed by atoms with E-state index in [-0.39, 0.29) is 5.56 Å². The number of anilines is 1. The Balaban J connectivity index is 2.13. The molecule has 4 nitrogen and oxygen atoms in total. The van der Waals surface area contributed by atoms with Crippen molar-refractivity contribution in [1.82, 2.24) is 4.90 Å². The fourth-order valence-electron chi connectivity index (χ4n) is 2.36. The molecule has 2 rings (SSSR count). The second kappa shape index (κ2) is 6.41. The second-order valence-electron chi connectivity index (χ2n) is 5.34. The molecule has 2 aromatic carbocycles. The molecule has 0 unspecified atom stereocenters. The zero-order valence-corrected chi connectivity index (χ0v) is 12.3. The molecule has 0 heterocycles. The van der Waals surface area contributed by atoms with Gasteiger partial charge >= 0.3 is 5.97 Å². The minimum absolute atomic E-state index is 0.202. The van der Waals surface area contributed by atoms with Crippen LogP contribution in [0.3, 0.4) is 0 Å². The van der Waals surface area contributed by atoms with Gasteiger partial charge in [0.25, 0.3) is 0 Å². The van der Waals surface area contributed by atoms with Gasteiger partial charge in [0.05, 0.1) is 5.56 Å². The zero-order valence-electron chi connectivity index (χ0n) is 12.3. The highest BCUT2D eigenvalue weighted by atomic mass is 16.4. The summed E-state index contributed by atoms with van der Waals surface area (Å²) in [5.74, 6) is -0.980. The van der Waals surface area contributed by atoms with Crippen LogP contribution in [0.15, 0.2) is 42.5 Å². The summed E-state index contributed by atoms with van der Waals surface area (Å²) >= 11 is 0. The van der Waals surface area contributed by atoms with Crippen LogP contribution in [0, 0.1) is 6.92 Å². The first-order valence-electron chi connectivity index (χ1n) is 6.82. The summed E-state index contributed by atoms with van der Waals surface area (Å²) in [5, 5.41) is 9.28. The molecule has 0 aliphatic heterocycles. The van der Waals surface area contributed by atoms with Gasteiger partial charge in [0.2, 0.25) is 0 Å². The van der Waals surface area contributed by atoms with Crippen molar-refractivity contribution in [3.05, 3.63) is 64.7 Å². The number of aromatic carboxylic acids is 1. The summed E-state index contributed by atoms with van der Waals surface area (Å²) in [4.78, 5) is 13.4. The van der Waals surface area contributed by atoms with Gasteiger partial charge in [0.1, 0.15) is 0 Å². The van der Waals surface area contributed by atoms with E-state index in [0.717, 1.165) is 12.1 Å². The third-order valence-corrected chi connectivity index (χ3v) is 3.41. The van der Waals surface area contributed by atoms with Crippen LogP contribution in [-0.2, 0) is 13.1 Å². The molecule has 0 radical (unpaired) electrons. The van der Waals surface area contributed by atoms with Crippen molar-refractivity contribution >= 4 is 11.7 Å². The lowest BCUT2D eigenvalue weighted by atomic mass is 10.0. The maximum Gasteiger partial charge on any atom is 0.338 e. The third kappa shape index (κ3) is 3.83. The van der Waals surface area contributed by atoms with E-state index in [2.05, 4.69) is 36.1 Å². The van der Waals surface area contributed by atoms with Gasteiger partial charge in [-0.2, -0.15) is 0 Å². The molecule has 0 fully saturated rings. The number of carboxylic acid groups (broad SMARTS) is 1. The molecule has 110 valence electrons. The standard InChI is InChI=1S/C17H20N2O2/c1-12-6-8-13(9-7-12)10-19(2)11-14-4-3-5-15(18)16(14)17(20)21/h3-9H,10-11,18H2,1-2H3,(H,20,21). The lowest BCUT2D eigenvalue weighted by Crippen LogP contribution is -2.19. The summed E-state index contributed by atoms with van der Waals surface area (Å²) in [6.45, 7) is 3.36. The van der Waals surface area contributed by atoms with E-state index in [1.165, 1.54) is 11.1 Å². The molecule has 0 saturated carbocycles. The summed E-state index contributed by atoms with van der Waals surface area (Å²) in [7, 11) is 1.97. The van der Waals surface area contributed by atoms with Crippen LogP contribution in [0.5, 0.6) is 0 Å². The zero-order chi connectivity index (χ0) is 15.4. The predicted octanol–water partition coefficient (Wildman–Crippen LogP) is 2.91. The molecule has 0 aliphatic carbocycles. The van der Waals surface area contributed by atoms with Gasteiger partial charge in [-0.1, -0.05) is 42.0 Å². The van der Waals surface area contributed by atoms with E-state index in [0.29, 0.717) is 12.2 Å². The van der Waals surface area contributed by atoms with E-state index in [4.69, 9.17) is 5.73 Å². The fourth-order valence-corrected chi connectivity index (χ4v) is 2.36. The number of hydrogen-bond donors (Lipinski definition) is 2. The van der Waals surface area contributed by atoms with Crippen LogP contribution in [0.2, 0.25) is 0 Å². The Bertz CT molecular complexity index is 636. The van der Waals surface area contributed by atoms with Crippen molar-refractivity contribution in [2.45, 2.75) is 20.0 Å². The minimum Gasteiger partial charge on any atom is -0.478 e. The van der Waals surface area contributed by atoms with Crippen LogP contribution < -0.4 is 5.73 Å². The van der Waals surface area contributed by atoms with Crippen molar-refractivity contribution in [3.63, 3.8) is 0 Å². The maximum atomic E-state index is 11.3. The fraction of sp³-hybridized carbons (Fsp3) is 0.235. The minimum atomic E-state index is -0.980. The molecule has 0 aromatic heterocycles. The number of benzene rings is 2. The van der Waals surface area contributed by atoms with Gasteiger partial charge in [0.15, 0.2) is 0 Å². The number of carboxylic acids is 1. The Labute approximate surface area is 124 Å². The van der Waals surface area contributed by atoms with Gasteiger partial charge in [-0.3, -0.25) is 4.90 Å². The van der Waals surface area contributed by atoms with Crippen LogP contribution in [0.25, 0.3) is 0 Å². The Morgan fingerprint density at radius 2 is 1.81 bits per heavy atom. The van der Waals surface area contributed by atoms with Crippen LogP contribution in [0.4, 0.5) is 5.69 Å². The number of nitrogens with zero attached hydrogens (tertiary/aromatic N) is 1. The molecule has 0 aliphatic rings. The van der Waals surface area contributed by atoms with Crippen molar-refractivity contribution < 1.29 is 9.90 Å². The van der Waals surface area contributed by atoms with Gasteiger partial charge < -0.3 is 10.8 Å². The lowest BCUT2D eigenvalue weighted by molar-refractivity contribution is 0.0696. The second-order valence-corrected chi connectivity index (χ2v) is 5.34. The summed E-state index contributed by atoms with van der Waals surface area (Å²) in [5.41, 5.74) is 9.44. The average molecular weight is 284 g/mol. The molecule has 21 heavy (non-hydrogen) atoms. The number of nitrogen functional groups attached to an aromatic ring is 1. The Morgan fingerprint density at radius 1 is 1.14 bits per heavy atom. The van der Waals surface area contributed by atoms with E-state index < -0.39 is 5.97 Å². The molecule has 2 aromatic rings. The molecular formula is C17H20N2O2. The summed E-state index contributed by atoms with van der Waals surface area (Å²) < 4.78 is 0. The maximum absolute atomic E-state index is 11.3. The number of nitrogens with two attached hydrogens (primary N) is 1. The van der Waals surface area contributed by atoms with Gasteiger partial charge in [-0.25, -0.2) is 4.79 Å². The molecular weight excluding hydrogens is 264 g/mol. The van der Waals surface area contributed by atoms with Crippen LogP contribution in [0.1, 0.15) is 27.0 Å². The molecule has 4 heteroatoms. The quantitative estimate of drug-likeness (QED) is 0.828. The highest BCUT2D eigenvalue weighted by Gasteiger charge is 2.14. The van der Waals surface area contributed by atoms with E-state index in [1.807, 2.05) is 13.1 Å². The van der Waals surface area contributed by atoms with Crippen molar-refractivity contribution in [1.29, 1.82) is 0 Å². The van der Waals surface area contributed by atoms with E-state index >= 15 is 0 Å². The first kappa shape index (κ1) is 15.1. The highest BCUT2D eigenvalue weighted by Crippen LogP contribution is 2.19. The molecule has 3 N–H and O–H groups in total. The predicted molar refractivity (Wildman–Crippen MR) is 84.2 cm³/mol. The third-order valence-electron chi connectivity index (χ3n) is 3.41. The number of aryl methyl sites for hydroxylation is 1. The van der Waals surface area contributed by atoms with Gasteiger partial charge in [0, 0.05) is 18.8 Å². The number of carbonyl (C=O) groups is 1. The smallest absolute Gasteiger partial charge is 0.338 e.